The minimum atomic E-state index is -1.54. The molecule has 1 heterocycles. The summed E-state index contributed by atoms with van der Waals surface area (Å²) in [5.74, 6) is 0.459. The molecule has 64 valence electrons. The van der Waals surface area contributed by atoms with E-state index in [0.29, 0.717) is 5.95 Å². The average Bonchev–Trinajstić information content (AvgIpc) is 2.04. The van der Waals surface area contributed by atoms with Crippen LogP contribution in [-0.2, 0) is 0 Å². The molecule has 0 radical (unpaired) electrons. The van der Waals surface area contributed by atoms with Gasteiger partial charge in [0.15, 0.2) is 0 Å². The molecule has 2 N–H and O–H groups in total. The number of rotatable bonds is 2. The molecule has 0 aliphatic rings. The molecular weight excluding hydrogens is 157 g/mol. The average molecular weight is 167 g/mol. The van der Waals surface area contributed by atoms with Crippen molar-refractivity contribution in [2.24, 2.45) is 0 Å². The maximum atomic E-state index is 8.78. The molecule has 0 aromatic carbocycles. The molecular formula is C6H10BN3O2. The van der Waals surface area contributed by atoms with E-state index in [1.165, 1.54) is 12.3 Å². The summed E-state index contributed by atoms with van der Waals surface area (Å²) in [4.78, 5) is 9.49. The summed E-state index contributed by atoms with van der Waals surface area (Å²) >= 11 is 0. The third-order valence-electron chi connectivity index (χ3n) is 1.33. The maximum Gasteiger partial charge on any atom is 0.508 e. The van der Waals surface area contributed by atoms with E-state index in [-0.39, 0.29) is 5.59 Å². The Kier molecular flexibility index (Phi) is 2.62. The number of hydrogen-bond donors (Lipinski definition) is 2. The van der Waals surface area contributed by atoms with Gasteiger partial charge in [0.2, 0.25) is 5.95 Å². The fourth-order valence-electron chi connectivity index (χ4n) is 0.721. The highest BCUT2D eigenvalue weighted by atomic mass is 16.4. The van der Waals surface area contributed by atoms with Crippen LogP contribution in [0.4, 0.5) is 5.95 Å². The molecule has 0 bridgehead atoms. The predicted octanol–water partition coefficient (Wildman–Crippen LogP) is -1.78. The summed E-state index contributed by atoms with van der Waals surface area (Å²) in [5, 5.41) is 17.6. The molecule has 1 aromatic rings. The van der Waals surface area contributed by atoms with E-state index in [0.717, 1.165) is 0 Å². The van der Waals surface area contributed by atoms with Crippen molar-refractivity contribution in [1.82, 2.24) is 9.97 Å². The molecule has 12 heavy (non-hydrogen) atoms. The second-order valence-corrected chi connectivity index (χ2v) is 2.55. The van der Waals surface area contributed by atoms with Crippen LogP contribution in [0.5, 0.6) is 0 Å². The lowest BCUT2D eigenvalue weighted by molar-refractivity contribution is 0.424. The first-order valence-electron chi connectivity index (χ1n) is 3.47. The van der Waals surface area contributed by atoms with E-state index in [9.17, 15) is 0 Å². The minimum Gasteiger partial charge on any atom is -0.422 e. The van der Waals surface area contributed by atoms with Crippen LogP contribution in [0, 0.1) is 0 Å². The fraction of sp³-hybridized carbons (Fsp3) is 0.333. The summed E-state index contributed by atoms with van der Waals surface area (Å²) < 4.78 is 0. The van der Waals surface area contributed by atoms with Crippen LogP contribution in [0.15, 0.2) is 12.3 Å². The van der Waals surface area contributed by atoms with Gasteiger partial charge in [-0.3, -0.25) is 0 Å². The zero-order chi connectivity index (χ0) is 9.14. The first-order chi connectivity index (χ1) is 5.61. The Morgan fingerprint density at radius 3 is 2.58 bits per heavy atom. The molecule has 0 amide bonds. The van der Waals surface area contributed by atoms with Crippen LogP contribution in [0.25, 0.3) is 0 Å². The van der Waals surface area contributed by atoms with E-state index >= 15 is 0 Å². The predicted molar refractivity (Wildman–Crippen MR) is 46.2 cm³/mol. The van der Waals surface area contributed by atoms with Gasteiger partial charge in [-0.25, -0.2) is 9.97 Å². The molecule has 0 saturated heterocycles. The second-order valence-electron chi connectivity index (χ2n) is 2.55. The molecule has 1 rings (SSSR count). The largest absolute Gasteiger partial charge is 0.508 e. The second kappa shape index (κ2) is 3.51. The first kappa shape index (κ1) is 8.96. The van der Waals surface area contributed by atoms with E-state index in [4.69, 9.17) is 10.0 Å². The van der Waals surface area contributed by atoms with E-state index in [1.807, 2.05) is 0 Å². The molecule has 6 heteroatoms. The Hall–Kier alpha value is -1.14. The molecule has 0 atom stereocenters. The normalized spacial score (nSPS) is 9.67. The zero-order valence-corrected chi connectivity index (χ0v) is 6.97. The van der Waals surface area contributed by atoms with Gasteiger partial charge in [0, 0.05) is 20.3 Å². The van der Waals surface area contributed by atoms with Gasteiger partial charge in [-0.1, -0.05) is 0 Å². The molecule has 5 nitrogen and oxygen atoms in total. The topological polar surface area (TPSA) is 69.5 Å². The Bertz CT molecular complexity index is 243. The molecule has 0 spiro atoms. The van der Waals surface area contributed by atoms with Crippen molar-refractivity contribution in [1.29, 1.82) is 0 Å². The van der Waals surface area contributed by atoms with Crippen LogP contribution in [-0.4, -0.2) is 41.2 Å². The molecule has 0 aliphatic heterocycles. The third kappa shape index (κ3) is 1.93. The van der Waals surface area contributed by atoms with Crippen LogP contribution in [0.3, 0.4) is 0 Å². The van der Waals surface area contributed by atoms with Gasteiger partial charge in [0.1, 0.15) is 0 Å². The Morgan fingerprint density at radius 2 is 2.08 bits per heavy atom. The molecule has 0 fully saturated rings. The van der Waals surface area contributed by atoms with Gasteiger partial charge in [-0.15, -0.1) is 0 Å². The smallest absolute Gasteiger partial charge is 0.422 e. The third-order valence-corrected chi connectivity index (χ3v) is 1.33. The monoisotopic (exact) mass is 167 g/mol. The number of anilines is 1. The van der Waals surface area contributed by atoms with Crippen molar-refractivity contribution in [2.75, 3.05) is 19.0 Å². The number of nitrogens with zero attached hydrogens (tertiary/aromatic N) is 3. The molecule has 0 unspecified atom stereocenters. The van der Waals surface area contributed by atoms with Crippen molar-refractivity contribution in [3.05, 3.63) is 12.3 Å². The highest BCUT2D eigenvalue weighted by Crippen LogP contribution is 1.96. The van der Waals surface area contributed by atoms with E-state index in [2.05, 4.69) is 9.97 Å². The Morgan fingerprint density at radius 1 is 1.42 bits per heavy atom. The number of aromatic nitrogens is 2. The number of hydrogen-bond acceptors (Lipinski definition) is 5. The minimum absolute atomic E-state index is 0.203. The summed E-state index contributed by atoms with van der Waals surface area (Å²) in [6, 6.07) is 1.46. The van der Waals surface area contributed by atoms with Gasteiger partial charge in [-0.05, 0) is 6.07 Å². The van der Waals surface area contributed by atoms with Gasteiger partial charge in [-0.2, -0.15) is 0 Å². The maximum absolute atomic E-state index is 8.78. The van der Waals surface area contributed by atoms with Gasteiger partial charge in [0.05, 0.1) is 5.59 Å². The van der Waals surface area contributed by atoms with Crippen molar-refractivity contribution in [2.45, 2.75) is 0 Å². The van der Waals surface area contributed by atoms with Gasteiger partial charge < -0.3 is 14.9 Å². The fourth-order valence-corrected chi connectivity index (χ4v) is 0.721. The lowest BCUT2D eigenvalue weighted by atomic mass is 9.86. The first-order valence-corrected chi connectivity index (χ1v) is 3.47. The van der Waals surface area contributed by atoms with Gasteiger partial charge >= 0.3 is 7.12 Å². The SMILES string of the molecule is CN(C)c1nccc(B(O)O)n1. The van der Waals surface area contributed by atoms with Crippen molar-refractivity contribution in [3.63, 3.8) is 0 Å². The van der Waals surface area contributed by atoms with Crippen molar-refractivity contribution < 1.29 is 10.0 Å². The molecule has 0 saturated carbocycles. The van der Waals surface area contributed by atoms with Crippen molar-refractivity contribution >= 4 is 18.7 Å². The lowest BCUT2D eigenvalue weighted by Gasteiger charge is -2.09. The van der Waals surface area contributed by atoms with Crippen molar-refractivity contribution in [3.8, 4) is 0 Å². The molecule has 1 aromatic heterocycles. The van der Waals surface area contributed by atoms with Crippen LogP contribution in [0.2, 0.25) is 0 Å². The highest BCUT2D eigenvalue weighted by molar-refractivity contribution is 6.57. The Labute approximate surface area is 70.8 Å². The lowest BCUT2D eigenvalue weighted by Crippen LogP contribution is -2.34. The summed E-state index contributed by atoms with van der Waals surface area (Å²) in [5.41, 5.74) is 0.203. The summed E-state index contributed by atoms with van der Waals surface area (Å²) in [6.45, 7) is 0. The quantitative estimate of drug-likeness (QED) is 0.509. The van der Waals surface area contributed by atoms with Crippen LogP contribution >= 0.6 is 0 Å². The summed E-state index contributed by atoms with van der Waals surface area (Å²) in [7, 11) is 2.03. The Balaban J connectivity index is 2.96. The molecule has 0 aliphatic carbocycles. The van der Waals surface area contributed by atoms with Crippen LogP contribution < -0.4 is 10.5 Å². The standard InChI is InChI=1S/C6H10BN3O2/c1-10(2)6-8-4-3-5(9-6)7(11)12/h3-4,11-12H,1-2H3. The van der Waals surface area contributed by atoms with Gasteiger partial charge in [0.25, 0.3) is 0 Å². The zero-order valence-electron chi connectivity index (χ0n) is 6.97. The van der Waals surface area contributed by atoms with E-state index in [1.54, 1.807) is 19.0 Å². The van der Waals surface area contributed by atoms with Crippen LogP contribution in [0.1, 0.15) is 0 Å². The summed E-state index contributed by atoms with van der Waals surface area (Å²) in [6.07, 6.45) is 1.48. The highest BCUT2D eigenvalue weighted by Gasteiger charge is 2.13. The van der Waals surface area contributed by atoms with E-state index < -0.39 is 7.12 Å².